The van der Waals surface area contributed by atoms with Gasteiger partial charge in [-0.3, -0.25) is 34.0 Å². The monoisotopic (exact) mass is 1010 g/mol. The summed E-state index contributed by atoms with van der Waals surface area (Å²) in [6.07, 6.45) is 4.52. The van der Waals surface area contributed by atoms with Crippen LogP contribution in [0.4, 0.5) is 0 Å². The number of rotatable bonds is 10. The third-order valence-electron chi connectivity index (χ3n) is 13.0. The van der Waals surface area contributed by atoms with E-state index in [1.165, 1.54) is 20.9 Å². The van der Waals surface area contributed by atoms with Crippen molar-refractivity contribution in [3.8, 4) is 22.4 Å². The number of pyridine rings is 1. The number of aromatic nitrogens is 2. The van der Waals surface area contributed by atoms with E-state index in [4.69, 9.17) is 14.5 Å². The molecule has 7 rings (SSSR count). The number of likely N-dealkylation sites (tertiary alicyclic amines) is 1. The van der Waals surface area contributed by atoms with Gasteiger partial charge in [0.15, 0.2) is 0 Å². The Labute approximate surface area is 429 Å². The van der Waals surface area contributed by atoms with Crippen LogP contribution in [0.5, 0.6) is 0 Å². The molecule has 14 nitrogen and oxygen atoms in total. The quantitative estimate of drug-likeness (QED) is 0.137. The predicted octanol–water partition coefficient (Wildman–Crippen LogP) is 6.32. The molecule has 6 bridgehead atoms. The Morgan fingerprint density at radius 2 is 1.74 bits per heavy atom. The Morgan fingerprint density at radius 1 is 1.03 bits per heavy atom. The summed E-state index contributed by atoms with van der Waals surface area (Å²) in [6, 6.07) is 15.8. The highest BCUT2D eigenvalue weighted by Gasteiger charge is 2.42. The number of amides is 4. The number of hydrazine groups is 1. The van der Waals surface area contributed by atoms with Crippen LogP contribution in [0.15, 0.2) is 73.4 Å². The summed E-state index contributed by atoms with van der Waals surface area (Å²) in [5, 5.41) is 5.55. The van der Waals surface area contributed by atoms with E-state index in [2.05, 4.69) is 79.1 Å². The summed E-state index contributed by atoms with van der Waals surface area (Å²) in [5.74, 6) is -2.56. The Bertz CT molecular complexity index is 2460. The van der Waals surface area contributed by atoms with Gasteiger partial charge in [-0.15, -0.1) is 0 Å². The summed E-state index contributed by atoms with van der Waals surface area (Å²) >= 11 is 0. The van der Waals surface area contributed by atoms with Crippen molar-refractivity contribution < 1.29 is 33.4 Å². The molecule has 5 heterocycles. The third kappa shape index (κ3) is 12.1. The maximum atomic E-state index is 14.6. The number of esters is 1. The van der Waals surface area contributed by atoms with Crippen LogP contribution in [0.25, 0.3) is 33.3 Å². The van der Waals surface area contributed by atoms with Crippen LogP contribution in [0.2, 0.25) is 0 Å². The SMILES string of the molecule is C=CC(=O)N1CC(C(=O)N(C)[C@H](C(=O)N[C@H]2Cc3cccc(c3)-c3ccc4c(c3)c(c(-c3cccnc3[C@H](C)OC)n4CC)CC(C)(C)COC(=O)[C@@H]3CCCN(N3)C2=O)C(C)C)C1.S.S.S.S. The zero-order valence-electron chi connectivity index (χ0n) is 40.5. The van der Waals surface area contributed by atoms with Gasteiger partial charge in [-0.2, -0.15) is 54.0 Å². The first kappa shape index (κ1) is 57.9. The molecule has 2 aromatic carbocycles. The number of hydrogen-bond donors (Lipinski definition) is 2. The van der Waals surface area contributed by atoms with Gasteiger partial charge in [0, 0.05) is 74.8 Å². The van der Waals surface area contributed by atoms with Crippen molar-refractivity contribution in [2.24, 2.45) is 17.3 Å². The van der Waals surface area contributed by atoms with E-state index in [9.17, 15) is 24.0 Å². The molecular weight excluding hydrogens is 939 g/mol. The molecule has 3 aliphatic rings. The second-order valence-corrected chi connectivity index (χ2v) is 18.6. The highest BCUT2D eigenvalue weighted by molar-refractivity contribution is 7.59. The molecular formula is C50H71N7O7S4. The van der Waals surface area contributed by atoms with Gasteiger partial charge in [0.1, 0.15) is 18.1 Å². The lowest BCUT2D eigenvalue weighted by Gasteiger charge is -2.41. The molecule has 4 aromatic rings. The van der Waals surface area contributed by atoms with Gasteiger partial charge in [-0.25, -0.2) is 5.43 Å². The van der Waals surface area contributed by atoms with Gasteiger partial charge in [-0.1, -0.05) is 64.6 Å². The summed E-state index contributed by atoms with van der Waals surface area (Å²) in [7, 11) is 3.28. The zero-order valence-corrected chi connectivity index (χ0v) is 44.5. The maximum Gasteiger partial charge on any atom is 0.324 e. The molecule has 68 heavy (non-hydrogen) atoms. The summed E-state index contributed by atoms with van der Waals surface area (Å²) in [6.45, 7) is 17.3. The summed E-state index contributed by atoms with van der Waals surface area (Å²) in [4.78, 5) is 76.5. The molecule has 2 saturated heterocycles. The molecule has 18 heteroatoms. The van der Waals surface area contributed by atoms with Crippen LogP contribution in [0.3, 0.4) is 0 Å². The molecule has 372 valence electrons. The van der Waals surface area contributed by atoms with Crippen LogP contribution in [-0.2, 0) is 52.8 Å². The van der Waals surface area contributed by atoms with Crippen molar-refractivity contribution in [1.29, 1.82) is 0 Å². The molecule has 0 spiro atoms. The normalized spacial score (nSPS) is 19.0. The maximum absolute atomic E-state index is 14.6. The molecule has 0 radical (unpaired) electrons. The first-order valence-corrected chi connectivity index (χ1v) is 22.5. The lowest BCUT2D eigenvalue weighted by atomic mass is 9.84. The first-order chi connectivity index (χ1) is 30.5. The van der Waals surface area contributed by atoms with Gasteiger partial charge in [0.25, 0.3) is 5.91 Å². The summed E-state index contributed by atoms with van der Waals surface area (Å²) < 4.78 is 14.3. The number of benzene rings is 2. The molecule has 0 saturated carbocycles. The third-order valence-corrected chi connectivity index (χ3v) is 13.0. The van der Waals surface area contributed by atoms with Crippen LogP contribution in [-0.4, -0.2) is 112 Å². The smallest absolute Gasteiger partial charge is 0.324 e. The van der Waals surface area contributed by atoms with E-state index in [0.717, 1.165) is 50.1 Å². The van der Waals surface area contributed by atoms with E-state index in [-0.39, 0.29) is 104 Å². The van der Waals surface area contributed by atoms with Gasteiger partial charge < -0.3 is 29.2 Å². The minimum absolute atomic E-state index is 0. The van der Waals surface area contributed by atoms with Gasteiger partial charge >= 0.3 is 5.97 Å². The predicted molar refractivity (Wildman–Crippen MR) is 287 cm³/mol. The van der Waals surface area contributed by atoms with Crippen LogP contribution in [0.1, 0.15) is 77.3 Å². The van der Waals surface area contributed by atoms with Gasteiger partial charge in [0.05, 0.1) is 30.0 Å². The number of methoxy groups -OCH3 is 1. The first-order valence-electron chi connectivity index (χ1n) is 22.5. The Balaban J connectivity index is 0.00000306. The fourth-order valence-electron chi connectivity index (χ4n) is 9.54. The molecule has 0 aliphatic carbocycles. The standard InChI is InChI=1S/C50H63N7O7.4H2S/c1-10-42(58)55-27-35(28-55)47(60)54(8)44(30(3)4)46(59)52-40-24-32-15-12-16-33(23-32)34-19-20-41-37(25-34)38(45(56(41)11-2)36-17-13-21-51-43(36)31(5)63-9)26-50(6,7)29-64-49(62)39-18-14-22-57(53-39)48(40)61;;;;/h10,12-13,15-17,19-21,23,25,30-31,35,39-40,44,53H,1,11,14,18,22,24,26-29H2,2-9H3,(H,52,59);4*1H2/t31-,39-,40-,44-;;;;/m0..../s1. The van der Waals surface area contributed by atoms with Crippen LogP contribution in [0, 0.1) is 17.3 Å². The van der Waals surface area contributed by atoms with E-state index < -0.39 is 47.2 Å². The fraction of sp³-hybridized carbons (Fsp3) is 0.480. The fourth-order valence-corrected chi connectivity index (χ4v) is 9.54. The van der Waals surface area contributed by atoms with Crippen LogP contribution < -0.4 is 10.7 Å². The van der Waals surface area contributed by atoms with Crippen molar-refractivity contribution in [2.75, 3.05) is 40.4 Å². The number of nitrogens with zero attached hydrogens (tertiary/aromatic N) is 5. The highest BCUT2D eigenvalue weighted by atomic mass is 32.1. The number of carbonyl (C=O) groups excluding carboxylic acids is 5. The van der Waals surface area contributed by atoms with E-state index in [1.54, 1.807) is 20.4 Å². The van der Waals surface area contributed by atoms with Crippen LogP contribution >= 0.6 is 54.0 Å². The zero-order chi connectivity index (χ0) is 46.0. The Hall–Kier alpha value is -4.46. The highest BCUT2D eigenvalue weighted by Crippen LogP contribution is 2.42. The molecule has 0 unspecified atom stereocenters. The number of hydrogen-bond acceptors (Lipinski definition) is 9. The van der Waals surface area contributed by atoms with E-state index in [1.807, 2.05) is 39.0 Å². The van der Waals surface area contributed by atoms with E-state index in [0.29, 0.717) is 32.4 Å². The number of ether oxygens (including phenoxy) is 2. The van der Waals surface area contributed by atoms with Gasteiger partial charge in [-0.05, 0) is 91.6 Å². The topological polar surface area (TPSA) is 155 Å². The molecule has 4 amide bonds. The number of likely N-dealkylation sites (N-methyl/N-ethyl adjacent to an activating group) is 1. The molecule has 2 N–H and O–H groups in total. The summed E-state index contributed by atoms with van der Waals surface area (Å²) in [5.41, 5.74) is 10.5. The van der Waals surface area contributed by atoms with Crippen molar-refractivity contribution in [1.82, 2.24) is 35.1 Å². The van der Waals surface area contributed by atoms with Gasteiger partial charge in [0.2, 0.25) is 17.7 Å². The lowest BCUT2D eigenvalue weighted by Crippen LogP contribution is -2.63. The van der Waals surface area contributed by atoms with Crippen molar-refractivity contribution in [2.45, 2.75) is 98.0 Å². The average Bonchev–Trinajstić information content (AvgIpc) is 3.57. The molecule has 4 atom stereocenters. The number of aryl methyl sites for hydroxylation is 1. The number of fused-ring (bicyclic) bond motifs is 6. The van der Waals surface area contributed by atoms with Crippen molar-refractivity contribution in [3.05, 3.63) is 90.3 Å². The van der Waals surface area contributed by atoms with Crippen molar-refractivity contribution >= 4 is 94.5 Å². The second-order valence-electron chi connectivity index (χ2n) is 18.6. The Kier molecular flexibility index (Phi) is 20.8. The Morgan fingerprint density at radius 3 is 2.40 bits per heavy atom. The molecule has 2 aromatic heterocycles. The number of nitrogens with one attached hydrogen (secondary N) is 2. The minimum Gasteiger partial charge on any atom is -0.464 e. The number of cyclic esters (lactones) is 1. The molecule has 3 aliphatic heterocycles. The largest absolute Gasteiger partial charge is 0.464 e. The number of carbonyl (C=O) groups is 5. The van der Waals surface area contributed by atoms with Crippen molar-refractivity contribution in [3.63, 3.8) is 0 Å². The lowest BCUT2D eigenvalue weighted by molar-refractivity contribution is -0.155. The average molecular weight is 1010 g/mol. The second kappa shape index (κ2) is 24.4. The minimum atomic E-state index is -1.05. The molecule has 2 fully saturated rings. The van der Waals surface area contributed by atoms with E-state index >= 15 is 0 Å².